The molecule has 0 fully saturated rings. The molecule has 0 aliphatic rings. The molecular formula is C7H14O4. The molecule has 0 spiro atoms. The number of aliphatic hydroxyl groups is 2. The number of carbonyl (C=O) groups excluding carboxylic acids is 1. The lowest BCUT2D eigenvalue weighted by atomic mass is 10.1. The van der Waals surface area contributed by atoms with Crippen molar-refractivity contribution in [2.45, 2.75) is 32.0 Å². The number of aliphatic hydroxyl groups excluding tert-OH is 2. The van der Waals surface area contributed by atoms with Crippen molar-refractivity contribution in [3.8, 4) is 0 Å². The summed E-state index contributed by atoms with van der Waals surface area (Å²) in [6.45, 7) is 1.85. The Hall–Kier alpha value is -0.610. The van der Waals surface area contributed by atoms with Crippen LogP contribution in [0.4, 0.5) is 0 Å². The number of rotatable bonds is 4. The van der Waals surface area contributed by atoms with Gasteiger partial charge in [0.2, 0.25) is 0 Å². The fourth-order valence-electron chi connectivity index (χ4n) is 0.731. The lowest BCUT2D eigenvalue weighted by Gasteiger charge is -2.13. The summed E-state index contributed by atoms with van der Waals surface area (Å²) in [5.74, 6) is -0.786. The Labute approximate surface area is 65.8 Å². The third kappa shape index (κ3) is 3.34. The summed E-state index contributed by atoms with van der Waals surface area (Å²) in [4.78, 5) is 10.6. The molecule has 0 saturated carbocycles. The van der Waals surface area contributed by atoms with E-state index in [9.17, 15) is 4.79 Å². The van der Waals surface area contributed by atoms with Crippen molar-refractivity contribution in [1.82, 2.24) is 0 Å². The zero-order valence-electron chi connectivity index (χ0n) is 6.78. The Bertz CT molecular complexity index is 124. The van der Waals surface area contributed by atoms with Gasteiger partial charge in [-0.15, -0.1) is 0 Å². The summed E-state index contributed by atoms with van der Waals surface area (Å²) in [6, 6.07) is 0. The quantitative estimate of drug-likeness (QED) is 0.556. The molecule has 2 N–H and O–H groups in total. The van der Waals surface area contributed by atoms with E-state index in [1.54, 1.807) is 0 Å². The highest BCUT2D eigenvalue weighted by Crippen LogP contribution is 2.02. The van der Waals surface area contributed by atoms with Crippen molar-refractivity contribution in [3.05, 3.63) is 0 Å². The Kier molecular flexibility index (Phi) is 4.81. The highest BCUT2D eigenvalue weighted by molar-refractivity contribution is 5.74. The maximum absolute atomic E-state index is 10.6. The summed E-state index contributed by atoms with van der Waals surface area (Å²) in [5, 5.41) is 18.1. The number of carbonyl (C=O) groups is 1. The first-order chi connectivity index (χ1) is 5.13. The standard InChI is InChI=1S/C7H14O4/c1-3-4-5(8)6(9)7(10)11-2/h5-6,8-9H,3-4H2,1-2H3. The van der Waals surface area contributed by atoms with Crippen LogP contribution in [0, 0.1) is 0 Å². The van der Waals surface area contributed by atoms with Gasteiger partial charge in [-0.05, 0) is 6.42 Å². The molecule has 0 aliphatic carbocycles. The SMILES string of the molecule is CCCC(O)C(O)C(=O)OC. The highest BCUT2D eigenvalue weighted by Gasteiger charge is 2.23. The number of ether oxygens (including phenoxy) is 1. The number of methoxy groups -OCH3 is 1. The summed E-state index contributed by atoms with van der Waals surface area (Å²) in [5.41, 5.74) is 0. The molecule has 4 nitrogen and oxygen atoms in total. The molecule has 0 saturated heterocycles. The number of esters is 1. The minimum absolute atomic E-state index is 0.399. The van der Waals surface area contributed by atoms with Crippen molar-refractivity contribution in [2.75, 3.05) is 7.11 Å². The molecule has 0 bridgehead atoms. The van der Waals surface area contributed by atoms with Gasteiger partial charge in [0, 0.05) is 0 Å². The van der Waals surface area contributed by atoms with Crippen LogP contribution < -0.4 is 0 Å². The summed E-state index contributed by atoms with van der Waals surface area (Å²) >= 11 is 0. The Morgan fingerprint density at radius 1 is 1.55 bits per heavy atom. The van der Waals surface area contributed by atoms with Crippen LogP contribution in [-0.2, 0) is 9.53 Å². The van der Waals surface area contributed by atoms with Gasteiger partial charge in [0.25, 0.3) is 0 Å². The molecule has 66 valence electrons. The first kappa shape index (κ1) is 10.4. The summed E-state index contributed by atoms with van der Waals surface area (Å²) < 4.78 is 4.23. The number of hydrogen-bond acceptors (Lipinski definition) is 4. The maximum Gasteiger partial charge on any atom is 0.337 e. The van der Waals surface area contributed by atoms with Gasteiger partial charge in [0.15, 0.2) is 6.10 Å². The molecule has 2 atom stereocenters. The van der Waals surface area contributed by atoms with Gasteiger partial charge in [-0.25, -0.2) is 4.79 Å². The van der Waals surface area contributed by atoms with Gasteiger partial charge < -0.3 is 14.9 Å². The molecule has 0 rings (SSSR count). The second kappa shape index (κ2) is 5.09. The predicted molar refractivity (Wildman–Crippen MR) is 38.9 cm³/mol. The van der Waals surface area contributed by atoms with Crippen LogP contribution in [0.25, 0.3) is 0 Å². The van der Waals surface area contributed by atoms with Gasteiger partial charge >= 0.3 is 5.97 Å². The topological polar surface area (TPSA) is 66.8 Å². The smallest absolute Gasteiger partial charge is 0.337 e. The third-order valence-electron chi connectivity index (χ3n) is 1.39. The Morgan fingerprint density at radius 3 is 2.45 bits per heavy atom. The van der Waals surface area contributed by atoms with E-state index >= 15 is 0 Å². The van der Waals surface area contributed by atoms with Gasteiger partial charge in [0.05, 0.1) is 13.2 Å². The van der Waals surface area contributed by atoms with Gasteiger partial charge in [0.1, 0.15) is 0 Å². The molecule has 0 amide bonds. The molecule has 0 aromatic heterocycles. The van der Waals surface area contributed by atoms with E-state index in [1.165, 1.54) is 7.11 Å². The van der Waals surface area contributed by atoms with Crippen LogP contribution in [-0.4, -0.2) is 35.5 Å². The molecule has 0 aliphatic heterocycles. The fraction of sp³-hybridized carbons (Fsp3) is 0.857. The minimum atomic E-state index is -1.40. The zero-order valence-corrected chi connectivity index (χ0v) is 6.78. The molecule has 0 aromatic rings. The monoisotopic (exact) mass is 162 g/mol. The molecule has 11 heavy (non-hydrogen) atoms. The molecule has 0 aromatic carbocycles. The van der Waals surface area contributed by atoms with Crippen molar-refractivity contribution in [1.29, 1.82) is 0 Å². The Morgan fingerprint density at radius 2 is 2.09 bits per heavy atom. The molecule has 0 heterocycles. The van der Waals surface area contributed by atoms with Crippen molar-refractivity contribution >= 4 is 5.97 Å². The van der Waals surface area contributed by atoms with Gasteiger partial charge in [-0.3, -0.25) is 0 Å². The average molecular weight is 162 g/mol. The van der Waals surface area contributed by atoms with Crippen molar-refractivity contribution < 1.29 is 19.7 Å². The third-order valence-corrected chi connectivity index (χ3v) is 1.39. The van der Waals surface area contributed by atoms with E-state index in [2.05, 4.69) is 4.74 Å². The zero-order chi connectivity index (χ0) is 8.85. The second-order valence-electron chi connectivity index (χ2n) is 2.32. The lowest BCUT2D eigenvalue weighted by Crippen LogP contribution is -2.34. The van der Waals surface area contributed by atoms with E-state index in [0.717, 1.165) is 6.42 Å². The fourth-order valence-corrected chi connectivity index (χ4v) is 0.731. The second-order valence-corrected chi connectivity index (χ2v) is 2.32. The van der Waals surface area contributed by atoms with Crippen LogP contribution in [0.3, 0.4) is 0 Å². The van der Waals surface area contributed by atoms with Gasteiger partial charge in [-0.1, -0.05) is 13.3 Å². The normalized spacial score (nSPS) is 15.6. The van der Waals surface area contributed by atoms with E-state index in [-0.39, 0.29) is 0 Å². The molecule has 0 radical (unpaired) electrons. The van der Waals surface area contributed by atoms with Crippen LogP contribution >= 0.6 is 0 Å². The van der Waals surface area contributed by atoms with Crippen LogP contribution in [0.2, 0.25) is 0 Å². The van der Waals surface area contributed by atoms with Crippen LogP contribution in [0.15, 0.2) is 0 Å². The lowest BCUT2D eigenvalue weighted by molar-refractivity contribution is -0.156. The largest absolute Gasteiger partial charge is 0.467 e. The van der Waals surface area contributed by atoms with Crippen LogP contribution in [0.1, 0.15) is 19.8 Å². The maximum atomic E-state index is 10.6. The summed E-state index contributed by atoms with van der Waals surface area (Å²) in [7, 11) is 1.17. The average Bonchev–Trinajstić information content (AvgIpc) is 2.02. The first-order valence-corrected chi connectivity index (χ1v) is 3.57. The minimum Gasteiger partial charge on any atom is -0.467 e. The van der Waals surface area contributed by atoms with E-state index in [1.807, 2.05) is 6.92 Å². The van der Waals surface area contributed by atoms with Gasteiger partial charge in [-0.2, -0.15) is 0 Å². The van der Waals surface area contributed by atoms with E-state index in [4.69, 9.17) is 10.2 Å². The predicted octanol–water partition coefficient (Wildman–Crippen LogP) is -0.319. The first-order valence-electron chi connectivity index (χ1n) is 3.57. The van der Waals surface area contributed by atoms with E-state index < -0.39 is 18.2 Å². The summed E-state index contributed by atoms with van der Waals surface area (Å²) in [6.07, 6.45) is -1.29. The number of hydrogen-bond donors (Lipinski definition) is 2. The highest BCUT2D eigenvalue weighted by atomic mass is 16.5. The molecule has 4 heteroatoms. The Balaban J connectivity index is 3.80. The van der Waals surface area contributed by atoms with Crippen LogP contribution in [0.5, 0.6) is 0 Å². The molecule has 2 unspecified atom stereocenters. The van der Waals surface area contributed by atoms with E-state index in [0.29, 0.717) is 6.42 Å². The molecular weight excluding hydrogens is 148 g/mol. The van der Waals surface area contributed by atoms with Crippen molar-refractivity contribution in [3.63, 3.8) is 0 Å². The van der Waals surface area contributed by atoms with Crippen molar-refractivity contribution in [2.24, 2.45) is 0 Å².